The smallest absolute Gasteiger partial charge is 0.0103 e. The number of rotatable bonds is 4. The average Bonchev–Trinajstić information content (AvgIpc) is 3.10. The van der Waals surface area contributed by atoms with Crippen LogP contribution in [-0.2, 0) is 6.42 Å². The Morgan fingerprint density at radius 3 is 2.85 bits per heavy atom. The fourth-order valence-electron chi connectivity index (χ4n) is 5.58. The molecule has 4 rings (SSSR count). The molecule has 3 aliphatic rings. The van der Waals surface area contributed by atoms with Crippen LogP contribution in [0.4, 0.5) is 0 Å². The van der Waals surface area contributed by atoms with Crippen LogP contribution in [0.15, 0.2) is 12.1 Å². The van der Waals surface area contributed by atoms with Gasteiger partial charge in [0, 0.05) is 21.8 Å². The Morgan fingerprint density at radius 2 is 2.05 bits per heavy atom. The topological polar surface area (TPSA) is 12.0 Å². The lowest BCUT2D eigenvalue weighted by Gasteiger charge is -2.34. The summed E-state index contributed by atoms with van der Waals surface area (Å²) in [6.07, 6.45) is 8.81. The molecule has 110 valence electrons. The quantitative estimate of drug-likeness (QED) is 0.866. The Kier molecular flexibility index (Phi) is 3.42. The Morgan fingerprint density at radius 1 is 1.20 bits per heavy atom. The zero-order valence-electron chi connectivity index (χ0n) is 12.8. The second-order valence-corrected chi connectivity index (χ2v) is 8.92. The summed E-state index contributed by atoms with van der Waals surface area (Å²) < 4.78 is 0. The maximum absolute atomic E-state index is 3.99. The first-order chi connectivity index (χ1) is 9.70. The molecule has 3 fully saturated rings. The van der Waals surface area contributed by atoms with E-state index in [9.17, 15) is 0 Å². The lowest BCUT2D eigenvalue weighted by Crippen LogP contribution is -2.44. The third-order valence-corrected chi connectivity index (χ3v) is 7.25. The molecule has 0 spiro atoms. The predicted molar refractivity (Wildman–Crippen MR) is 86.2 cm³/mol. The summed E-state index contributed by atoms with van der Waals surface area (Å²) in [7, 11) is 0. The number of hydrogen-bond acceptors (Lipinski definition) is 2. The van der Waals surface area contributed by atoms with Crippen LogP contribution < -0.4 is 5.32 Å². The fraction of sp³-hybridized carbons (Fsp3) is 0.778. The van der Waals surface area contributed by atoms with Crippen molar-refractivity contribution in [3.63, 3.8) is 0 Å². The van der Waals surface area contributed by atoms with E-state index in [4.69, 9.17) is 0 Å². The van der Waals surface area contributed by atoms with Gasteiger partial charge in [0.1, 0.15) is 0 Å². The highest BCUT2D eigenvalue weighted by atomic mass is 32.1. The molecular formula is C18H27NS. The molecular weight excluding hydrogens is 262 g/mol. The summed E-state index contributed by atoms with van der Waals surface area (Å²) in [5.41, 5.74) is 0. The Balaban J connectivity index is 1.36. The highest BCUT2D eigenvalue weighted by Gasteiger charge is 2.53. The third kappa shape index (κ3) is 2.25. The summed E-state index contributed by atoms with van der Waals surface area (Å²) in [4.78, 5) is 2.99. The molecule has 0 amide bonds. The molecule has 6 atom stereocenters. The first kappa shape index (κ1) is 13.3. The monoisotopic (exact) mass is 289 g/mol. The van der Waals surface area contributed by atoms with Gasteiger partial charge in [-0.25, -0.2) is 0 Å². The van der Waals surface area contributed by atoms with Crippen molar-refractivity contribution in [2.75, 3.05) is 0 Å². The zero-order valence-corrected chi connectivity index (χ0v) is 13.6. The van der Waals surface area contributed by atoms with Gasteiger partial charge in [-0.1, -0.05) is 6.42 Å². The number of hydrogen-bond donors (Lipinski definition) is 1. The molecule has 1 heterocycles. The maximum Gasteiger partial charge on any atom is 0.0103 e. The molecule has 1 N–H and O–H groups in total. The van der Waals surface area contributed by atoms with Gasteiger partial charge in [0.2, 0.25) is 0 Å². The standard InChI is InChI=1S/C18H27NS/c1-11(8-14-7-6-12(2)20-14)19-18-10-13-9-17(18)16-5-3-4-15(13)16/h6-7,11,13,15-19H,3-5,8-10H2,1-2H3. The molecule has 3 aliphatic carbocycles. The van der Waals surface area contributed by atoms with Crippen LogP contribution in [0.3, 0.4) is 0 Å². The second kappa shape index (κ2) is 5.14. The second-order valence-electron chi connectivity index (χ2n) is 7.54. The summed E-state index contributed by atoms with van der Waals surface area (Å²) in [5.74, 6) is 4.29. The van der Waals surface area contributed by atoms with Crippen molar-refractivity contribution >= 4 is 11.3 Å². The van der Waals surface area contributed by atoms with Crippen LogP contribution in [0, 0.1) is 30.6 Å². The van der Waals surface area contributed by atoms with Gasteiger partial charge >= 0.3 is 0 Å². The van der Waals surface area contributed by atoms with Crippen molar-refractivity contribution < 1.29 is 0 Å². The number of fused-ring (bicyclic) bond motifs is 5. The molecule has 0 saturated heterocycles. The van der Waals surface area contributed by atoms with E-state index in [1.807, 2.05) is 11.3 Å². The third-order valence-electron chi connectivity index (χ3n) is 6.23. The highest BCUT2D eigenvalue weighted by molar-refractivity contribution is 7.11. The van der Waals surface area contributed by atoms with Crippen molar-refractivity contribution in [1.29, 1.82) is 0 Å². The van der Waals surface area contributed by atoms with Gasteiger partial charge in [-0.3, -0.25) is 0 Å². The van der Waals surface area contributed by atoms with Crippen molar-refractivity contribution in [3.05, 3.63) is 21.9 Å². The van der Waals surface area contributed by atoms with Crippen LogP contribution in [0.5, 0.6) is 0 Å². The molecule has 0 aromatic carbocycles. The van der Waals surface area contributed by atoms with Crippen molar-refractivity contribution in [3.8, 4) is 0 Å². The molecule has 1 aromatic rings. The summed E-state index contributed by atoms with van der Waals surface area (Å²) in [6, 6.07) is 6.03. The number of nitrogens with one attached hydrogen (secondary N) is 1. The molecule has 0 radical (unpaired) electrons. The minimum absolute atomic E-state index is 0.636. The average molecular weight is 289 g/mol. The van der Waals surface area contributed by atoms with Gasteiger partial charge in [0.25, 0.3) is 0 Å². The minimum atomic E-state index is 0.636. The van der Waals surface area contributed by atoms with Crippen LogP contribution in [0.2, 0.25) is 0 Å². The Bertz CT molecular complexity index is 480. The molecule has 20 heavy (non-hydrogen) atoms. The first-order valence-corrected chi connectivity index (χ1v) is 9.33. The maximum atomic E-state index is 3.99. The number of thiophene rings is 1. The molecule has 1 nitrogen and oxygen atoms in total. The molecule has 2 bridgehead atoms. The normalized spacial score (nSPS) is 40.2. The van der Waals surface area contributed by atoms with Crippen molar-refractivity contribution in [2.45, 2.75) is 64.5 Å². The van der Waals surface area contributed by atoms with Gasteiger partial charge in [-0.15, -0.1) is 11.3 Å². The van der Waals surface area contributed by atoms with Crippen LogP contribution in [0.1, 0.15) is 48.8 Å². The Hall–Kier alpha value is -0.340. The van der Waals surface area contributed by atoms with E-state index < -0.39 is 0 Å². The molecule has 1 aromatic heterocycles. The highest BCUT2D eigenvalue weighted by Crippen LogP contribution is 2.58. The van der Waals surface area contributed by atoms with E-state index in [2.05, 4.69) is 31.3 Å². The van der Waals surface area contributed by atoms with Gasteiger partial charge in [-0.05, 0) is 81.8 Å². The van der Waals surface area contributed by atoms with E-state index in [1.165, 1.54) is 37.0 Å². The first-order valence-electron chi connectivity index (χ1n) is 8.52. The van der Waals surface area contributed by atoms with E-state index in [-0.39, 0.29) is 0 Å². The Labute approximate surface area is 127 Å². The zero-order chi connectivity index (χ0) is 13.7. The van der Waals surface area contributed by atoms with Crippen molar-refractivity contribution in [1.82, 2.24) is 5.32 Å². The molecule has 0 aliphatic heterocycles. The van der Waals surface area contributed by atoms with E-state index >= 15 is 0 Å². The summed E-state index contributed by atoms with van der Waals surface area (Å²) in [6.45, 7) is 4.59. The van der Waals surface area contributed by atoms with Crippen LogP contribution in [0.25, 0.3) is 0 Å². The van der Waals surface area contributed by atoms with Crippen LogP contribution >= 0.6 is 11.3 Å². The summed E-state index contributed by atoms with van der Waals surface area (Å²) in [5, 5.41) is 3.99. The molecule has 3 saturated carbocycles. The minimum Gasteiger partial charge on any atom is -0.311 e. The van der Waals surface area contributed by atoms with E-state index in [0.717, 1.165) is 29.7 Å². The van der Waals surface area contributed by atoms with E-state index in [0.29, 0.717) is 6.04 Å². The number of aryl methyl sites for hydroxylation is 1. The van der Waals surface area contributed by atoms with Crippen molar-refractivity contribution in [2.24, 2.45) is 23.7 Å². The largest absolute Gasteiger partial charge is 0.311 e. The SMILES string of the molecule is Cc1ccc(CC(C)NC2CC3CC2C2CCCC32)s1. The van der Waals surface area contributed by atoms with Crippen LogP contribution in [-0.4, -0.2) is 12.1 Å². The van der Waals surface area contributed by atoms with Gasteiger partial charge in [0.15, 0.2) is 0 Å². The summed E-state index contributed by atoms with van der Waals surface area (Å²) >= 11 is 1.96. The molecule has 6 unspecified atom stereocenters. The van der Waals surface area contributed by atoms with E-state index in [1.54, 1.807) is 11.3 Å². The lowest BCUT2D eigenvalue weighted by atomic mass is 9.79. The molecule has 2 heteroatoms. The fourth-order valence-corrected chi connectivity index (χ4v) is 6.60. The lowest BCUT2D eigenvalue weighted by molar-refractivity contribution is 0.200. The van der Waals surface area contributed by atoms with Gasteiger partial charge < -0.3 is 5.32 Å². The van der Waals surface area contributed by atoms with Gasteiger partial charge in [0.05, 0.1) is 0 Å². The predicted octanol–water partition coefficient (Wildman–Crippen LogP) is 4.40. The van der Waals surface area contributed by atoms with Gasteiger partial charge in [-0.2, -0.15) is 0 Å².